The summed E-state index contributed by atoms with van der Waals surface area (Å²) in [5.41, 5.74) is 7.06. The van der Waals surface area contributed by atoms with Crippen molar-refractivity contribution in [2.75, 3.05) is 0 Å². The molecule has 0 aliphatic rings. The lowest BCUT2D eigenvalue weighted by Crippen LogP contribution is -2.04. The second-order valence-corrected chi connectivity index (χ2v) is 6.57. The molecule has 4 rings (SSSR count). The highest BCUT2D eigenvalue weighted by atomic mass is 16.3. The number of benzene rings is 2. The van der Waals surface area contributed by atoms with Gasteiger partial charge in [-0.2, -0.15) is 0 Å². The third-order valence-electron chi connectivity index (χ3n) is 4.84. The number of rotatable bonds is 4. The fourth-order valence-electron chi connectivity index (χ4n) is 3.45. The number of fused-ring (bicyclic) bond motifs is 1. The van der Waals surface area contributed by atoms with E-state index in [-0.39, 0.29) is 0 Å². The number of aliphatic hydroxyl groups is 1. The van der Waals surface area contributed by atoms with E-state index < -0.39 is 6.10 Å². The highest BCUT2D eigenvalue weighted by molar-refractivity contribution is 5.72. The van der Waals surface area contributed by atoms with Gasteiger partial charge in [-0.25, -0.2) is 4.98 Å². The van der Waals surface area contributed by atoms with Crippen LogP contribution >= 0.6 is 0 Å². The van der Waals surface area contributed by atoms with Crippen LogP contribution in [-0.2, 0) is 0 Å². The molecule has 26 heavy (non-hydrogen) atoms. The molecule has 1 N–H and O–H groups in total. The highest BCUT2D eigenvalue weighted by Crippen LogP contribution is 2.32. The molecule has 0 aliphatic carbocycles. The average molecular weight is 342 g/mol. The molecule has 0 aliphatic heterocycles. The fourth-order valence-corrected chi connectivity index (χ4v) is 3.45. The zero-order valence-corrected chi connectivity index (χ0v) is 15.1. The van der Waals surface area contributed by atoms with Gasteiger partial charge in [0.05, 0.1) is 17.5 Å². The third kappa shape index (κ3) is 2.80. The van der Waals surface area contributed by atoms with Crippen molar-refractivity contribution in [2.45, 2.75) is 26.4 Å². The summed E-state index contributed by atoms with van der Waals surface area (Å²) >= 11 is 0. The number of pyridine rings is 1. The van der Waals surface area contributed by atoms with E-state index in [0.717, 1.165) is 28.3 Å². The number of aromatic nitrogens is 2. The molecule has 3 heteroatoms. The molecular weight excluding hydrogens is 320 g/mol. The highest BCUT2D eigenvalue weighted by Gasteiger charge is 2.20. The van der Waals surface area contributed by atoms with Crippen molar-refractivity contribution in [1.82, 2.24) is 9.38 Å². The van der Waals surface area contributed by atoms with E-state index in [2.05, 4.69) is 40.8 Å². The van der Waals surface area contributed by atoms with E-state index in [1.54, 1.807) is 0 Å². The van der Waals surface area contributed by atoms with Crippen molar-refractivity contribution in [2.24, 2.45) is 0 Å². The number of nitrogens with zero attached hydrogens (tertiary/aromatic N) is 2. The molecule has 130 valence electrons. The van der Waals surface area contributed by atoms with E-state index in [1.165, 1.54) is 11.1 Å². The van der Waals surface area contributed by atoms with E-state index >= 15 is 0 Å². The summed E-state index contributed by atoms with van der Waals surface area (Å²) in [4.78, 5) is 4.82. The summed E-state index contributed by atoms with van der Waals surface area (Å²) in [5.74, 6) is 0. The van der Waals surface area contributed by atoms with Crippen LogP contribution in [0.25, 0.3) is 28.0 Å². The van der Waals surface area contributed by atoms with Crippen LogP contribution in [0.5, 0.6) is 0 Å². The van der Waals surface area contributed by atoms with Gasteiger partial charge in [0.25, 0.3) is 0 Å². The standard InChI is InChI=1S/C23H22N2O/c1-3-20(26)23-22(24-21-11-7-8-16(2)25(21)23)19-14-12-18(13-15-19)17-9-5-4-6-10-17/h4-15,20,26H,3H2,1-2H3. The topological polar surface area (TPSA) is 37.5 Å². The molecule has 1 atom stereocenters. The summed E-state index contributed by atoms with van der Waals surface area (Å²) in [6.45, 7) is 4.04. The van der Waals surface area contributed by atoms with Gasteiger partial charge in [-0.05, 0) is 36.6 Å². The normalized spacial score (nSPS) is 12.4. The molecule has 0 radical (unpaired) electrons. The van der Waals surface area contributed by atoms with Crippen molar-refractivity contribution in [3.05, 3.63) is 84.2 Å². The molecule has 2 heterocycles. The number of hydrogen-bond acceptors (Lipinski definition) is 2. The zero-order valence-electron chi connectivity index (χ0n) is 15.1. The molecule has 0 spiro atoms. The van der Waals surface area contributed by atoms with Crippen LogP contribution in [0.2, 0.25) is 0 Å². The van der Waals surface area contributed by atoms with E-state index in [4.69, 9.17) is 4.98 Å². The van der Waals surface area contributed by atoms with Crippen molar-refractivity contribution in [1.29, 1.82) is 0 Å². The van der Waals surface area contributed by atoms with Crippen molar-refractivity contribution in [3.8, 4) is 22.4 Å². The van der Waals surface area contributed by atoms with Gasteiger partial charge in [-0.15, -0.1) is 0 Å². The SMILES string of the molecule is CCC(O)c1c(-c2ccc(-c3ccccc3)cc2)nc2cccc(C)n12. The Balaban J connectivity index is 1.85. The lowest BCUT2D eigenvalue weighted by molar-refractivity contribution is 0.168. The van der Waals surface area contributed by atoms with Crippen molar-refractivity contribution < 1.29 is 5.11 Å². The minimum Gasteiger partial charge on any atom is -0.387 e. The maximum Gasteiger partial charge on any atom is 0.137 e. The molecule has 0 amide bonds. The van der Waals surface area contributed by atoms with Crippen molar-refractivity contribution in [3.63, 3.8) is 0 Å². The van der Waals surface area contributed by atoms with E-state index in [1.807, 2.05) is 50.2 Å². The number of imidazole rings is 1. The molecule has 1 unspecified atom stereocenters. The molecule has 2 aromatic carbocycles. The van der Waals surface area contributed by atoms with Gasteiger partial charge in [0.15, 0.2) is 0 Å². The Hall–Kier alpha value is -2.91. The van der Waals surface area contributed by atoms with Crippen LogP contribution in [-0.4, -0.2) is 14.5 Å². The van der Waals surface area contributed by atoms with Gasteiger partial charge in [0.2, 0.25) is 0 Å². The van der Waals surface area contributed by atoms with Crippen LogP contribution in [0.4, 0.5) is 0 Å². The van der Waals surface area contributed by atoms with Gasteiger partial charge < -0.3 is 5.11 Å². The number of aryl methyl sites for hydroxylation is 1. The van der Waals surface area contributed by atoms with Gasteiger partial charge in [0.1, 0.15) is 5.65 Å². The zero-order chi connectivity index (χ0) is 18.1. The van der Waals surface area contributed by atoms with Crippen LogP contribution in [0, 0.1) is 6.92 Å². The summed E-state index contributed by atoms with van der Waals surface area (Å²) in [7, 11) is 0. The average Bonchev–Trinajstić information content (AvgIpc) is 3.09. The Kier molecular flexibility index (Phi) is 4.31. The van der Waals surface area contributed by atoms with Gasteiger partial charge in [-0.3, -0.25) is 4.40 Å². The first-order valence-corrected chi connectivity index (χ1v) is 9.01. The quantitative estimate of drug-likeness (QED) is 0.538. The second-order valence-electron chi connectivity index (χ2n) is 6.57. The molecule has 3 nitrogen and oxygen atoms in total. The monoisotopic (exact) mass is 342 g/mol. The minimum absolute atomic E-state index is 0.546. The smallest absolute Gasteiger partial charge is 0.137 e. The Morgan fingerprint density at radius 3 is 2.19 bits per heavy atom. The van der Waals surface area contributed by atoms with Gasteiger partial charge >= 0.3 is 0 Å². The maximum atomic E-state index is 10.7. The predicted molar refractivity (Wildman–Crippen MR) is 106 cm³/mol. The Morgan fingerprint density at radius 1 is 0.846 bits per heavy atom. The van der Waals surface area contributed by atoms with Gasteiger partial charge in [0, 0.05) is 11.3 Å². The molecule has 0 fully saturated rings. The van der Waals surface area contributed by atoms with E-state index in [0.29, 0.717) is 6.42 Å². The van der Waals surface area contributed by atoms with Gasteiger partial charge in [-0.1, -0.05) is 67.6 Å². The third-order valence-corrected chi connectivity index (χ3v) is 4.84. The molecule has 0 saturated carbocycles. The van der Waals surface area contributed by atoms with E-state index in [9.17, 15) is 5.11 Å². The lowest BCUT2D eigenvalue weighted by atomic mass is 10.0. The first-order valence-electron chi connectivity index (χ1n) is 9.01. The summed E-state index contributed by atoms with van der Waals surface area (Å²) < 4.78 is 2.06. The Labute approximate surface area is 153 Å². The van der Waals surface area contributed by atoms with Crippen molar-refractivity contribution >= 4 is 5.65 Å². The molecule has 2 aromatic heterocycles. The fraction of sp³-hybridized carbons (Fsp3) is 0.174. The molecular formula is C23H22N2O. The minimum atomic E-state index is -0.546. The second kappa shape index (κ2) is 6.77. The molecule has 0 saturated heterocycles. The largest absolute Gasteiger partial charge is 0.387 e. The first-order chi connectivity index (χ1) is 12.7. The molecule has 0 bridgehead atoms. The maximum absolute atomic E-state index is 10.7. The van der Waals surface area contributed by atoms with Crippen LogP contribution < -0.4 is 0 Å². The first kappa shape index (κ1) is 16.6. The lowest BCUT2D eigenvalue weighted by Gasteiger charge is -2.12. The van der Waals surface area contributed by atoms with Crippen LogP contribution in [0.3, 0.4) is 0 Å². The predicted octanol–water partition coefficient (Wildman–Crippen LogP) is 5.42. The van der Waals surface area contributed by atoms with Crippen LogP contribution in [0.15, 0.2) is 72.8 Å². The summed E-state index contributed by atoms with van der Waals surface area (Å²) in [6.07, 6.45) is 0.104. The summed E-state index contributed by atoms with van der Waals surface area (Å²) in [6, 6.07) is 24.8. The molecule has 4 aromatic rings. The number of aliphatic hydroxyl groups excluding tert-OH is 1. The van der Waals surface area contributed by atoms with Crippen LogP contribution in [0.1, 0.15) is 30.8 Å². The Bertz CT molecular complexity index is 1030. The number of hydrogen-bond donors (Lipinski definition) is 1. The summed E-state index contributed by atoms with van der Waals surface area (Å²) in [5, 5.41) is 10.7. The Morgan fingerprint density at radius 2 is 1.50 bits per heavy atom.